The van der Waals surface area contributed by atoms with E-state index in [0.717, 1.165) is 37.5 Å². The molecule has 2 nitrogen and oxygen atoms in total. The largest absolute Gasteiger partial charge is 0.390 e. The van der Waals surface area contributed by atoms with Crippen LogP contribution in [0.5, 0.6) is 0 Å². The van der Waals surface area contributed by atoms with Crippen molar-refractivity contribution in [3.05, 3.63) is 11.6 Å². The van der Waals surface area contributed by atoms with Crippen molar-refractivity contribution in [2.75, 3.05) is 0 Å². The van der Waals surface area contributed by atoms with Gasteiger partial charge in [-0.3, -0.25) is 4.79 Å². The van der Waals surface area contributed by atoms with Crippen molar-refractivity contribution in [2.24, 2.45) is 34.5 Å². The lowest BCUT2D eigenvalue weighted by atomic mass is 9.43. The Bertz CT molecular complexity index is 603. The van der Waals surface area contributed by atoms with Crippen LogP contribution in [0.15, 0.2) is 11.6 Å². The normalized spacial score (nSPS) is 52.4. The molecule has 140 valence electrons. The molecule has 3 saturated carbocycles. The molecule has 2 heteroatoms. The van der Waals surface area contributed by atoms with Gasteiger partial charge in [-0.25, -0.2) is 0 Å². The van der Waals surface area contributed by atoms with Crippen molar-refractivity contribution in [1.82, 2.24) is 0 Å². The molecule has 0 aromatic rings. The number of hydrogen-bond acceptors (Lipinski definition) is 2. The van der Waals surface area contributed by atoms with Gasteiger partial charge < -0.3 is 5.11 Å². The highest BCUT2D eigenvalue weighted by molar-refractivity contribution is 5.79. The Labute approximate surface area is 153 Å². The molecule has 4 aliphatic carbocycles. The second kappa shape index (κ2) is 5.68. The Hall–Kier alpha value is -0.630. The fraction of sp³-hybridized carbons (Fsp3) is 0.870. The van der Waals surface area contributed by atoms with E-state index in [1.807, 2.05) is 13.8 Å². The lowest BCUT2D eigenvalue weighted by molar-refractivity contribution is -0.140. The summed E-state index contributed by atoms with van der Waals surface area (Å²) in [6.45, 7) is 8.76. The van der Waals surface area contributed by atoms with Crippen molar-refractivity contribution in [1.29, 1.82) is 0 Å². The summed E-state index contributed by atoms with van der Waals surface area (Å²) < 4.78 is 0. The third-order valence-corrected chi connectivity index (χ3v) is 9.11. The van der Waals surface area contributed by atoms with Crippen LogP contribution < -0.4 is 0 Å². The Morgan fingerprint density at radius 3 is 2.56 bits per heavy atom. The Balaban J connectivity index is 1.67. The summed E-state index contributed by atoms with van der Waals surface area (Å²) in [4.78, 5) is 12.3. The first kappa shape index (κ1) is 17.8. The molecule has 7 atom stereocenters. The van der Waals surface area contributed by atoms with Crippen molar-refractivity contribution >= 4 is 5.78 Å². The minimum Gasteiger partial charge on any atom is -0.390 e. The first-order valence-electron chi connectivity index (χ1n) is 10.6. The van der Waals surface area contributed by atoms with Crippen LogP contribution in [-0.2, 0) is 4.79 Å². The molecule has 0 bridgehead atoms. The van der Waals surface area contributed by atoms with Gasteiger partial charge in [-0.05, 0) is 93.8 Å². The van der Waals surface area contributed by atoms with Crippen LogP contribution in [0.4, 0.5) is 0 Å². The van der Waals surface area contributed by atoms with Crippen molar-refractivity contribution in [2.45, 2.75) is 91.1 Å². The standard InChI is InChI=1S/C23H36O2/c1-15(24)18-6-5-7-19-17-9-8-16-14-21(2,25)12-13-22(16,3)20(17)10-11-23(18,19)4/h8,17-20,25H,5-7,9-14H2,1-4H3/t17-,18+,19-,20-,21-,22-,23+/m0/s1. The molecule has 25 heavy (non-hydrogen) atoms. The predicted molar refractivity (Wildman–Crippen MR) is 101 cm³/mol. The van der Waals surface area contributed by atoms with E-state index in [1.54, 1.807) is 0 Å². The van der Waals surface area contributed by atoms with E-state index in [9.17, 15) is 9.90 Å². The molecular formula is C23H36O2. The molecule has 0 heterocycles. The van der Waals surface area contributed by atoms with Crippen LogP contribution in [0.25, 0.3) is 0 Å². The van der Waals surface area contributed by atoms with Gasteiger partial charge >= 0.3 is 0 Å². The van der Waals surface area contributed by atoms with Crippen molar-refractivity contribution < 1.29 is 9.90 Å². The molecule has 1 N–H and O–H groups in total. The van der Waals surface area contributed by atoms with E-state index in [2.05, 4.69) is 19.9 Å². The van der Waals surface area contributed by atoms with Crippen LogP contribution in [0.2, 0.25) is 0 Å². The topological polar surface area (TPSA) is 37.3 Å². The summed E-state index contributed by atoms with van der Waals surface area (Å²) in [6.07, 6.45) is 12.8. The SMILES string of the molecule is CC(=O)[C@H]1CCC[C@H]2[C@@H]3CC=C4C[C@@](C)(O)CC[C@]4(C)[C@H]3CC[C@]12C. The summed E-state index contributed by atoms with van der Waals surface area (Å²) in [6, 6.07) is 0. The smallest absolute Gasteiger partial charge is 0.133 e. The average molecular weight is 345 g/mol. The number of Topliss-reactive ketones (excluding diaryl/α,β-unsaturated/α-hetero) is 1. The highest BCUT2D eigenvalue weighted by Crippen LogP contribution is 2.65. The molecule has 0 aliphatic heterocycles. The highest BCUT2D eigenvalue weighted by atomic mass is 16.3. The average Bonchev–Trinajstić information content (AvgIpc) is 2.53. The summed E-state index contributed by atoms with van der Waals surface area (Å²) in [5.74, 6) is 2.94. The molecule has 0 saturated heterocycles. The van der Waals surface area contributed by atoms with Crippen molar-refractivity contribution in [3.63, 3.8) is 0 Å². The molecule has 0 aromatic carbocycles. The predicted octanol–water partition coefficient (Wildman–Crippen LogP) is 5.30. The second-order valence-electron chi connectivity index (χ2n) is 10.6. The van der Waals surface area contributed by atoms with E-state index in [0.29, 0.717) is 11.7 Å². The van der Waals surface area contributed by atoms with Gasteiger partial charge in [0.05, 0.1) is 5.60 Å². The number of fused-ring (bicyclic) bond motifs is 5. The Kier molecular flexibility index (Phi) is 4.04. The summed E-state index contributed by atoms with van der Waals surface area (Å²) in [5, 5.41) is 10.6. The number of allylic oxidation sites excluding steroid dienone is 1. The fourth-order valence-electron chi connectivity index (χ4n) is 7.67. The van der Waals surface area contributed by atoms with E-state index in [1.165, 1.54) is 37.7 Å². The molecule has 3 fully saturated rings. The second-order valence-corrected chi connectivity index (χ2v) is 10.6. The number of carbonyl (C=O) groups excluding carboxylic acids is 1. The van der Waals surface area contributed by atoms with Crippen LogP contribution in [-0.4, -0.2) is 16.5 Å². The zero-order chi connectivity index (χ0) is 18.0. The lowest BCUT2D eigenvalue weighted by Crippen LogP contribution is -2.55. The summed E-state index contributed by atoms with van der Waals surface area (Å²) in [7, 11) is 0. The van der Waals surface area contributed by atoms with Gasteiger partial charge in [0.1, 0.15) is 5.78 Å². The molecule has 4 rings (SSSR count). The third-order valence-electron chi connectivity index (χ3n) is 9.11. The van der Waals surface area contributed by atoms with Crippen LogP contribution in [0.3, 0.4) is 0 Å². The van der Waals surface area contributed by atoms with E-state index in [4.69, 9.17) is 0 Å². The van der Waals surface area contributed by atoms with E-state index >= 15 is 0 Å². The minimum atomic E-state index is -0.508. The Morgan fingerprint density at radius 1 is 1.08 bits per heavy atom. The molecule has 0 aromatic heterocycles. The van der Waals surface area contributed by atoms with Crippen molar-refractivity contribution in [3.8, 4) is 0 Å². The van der Waals surface area contributed by atoms with Gasteiger partial charge in [-0.1, -0.05) is 31.9 Å². The van der Waals surface area contributed by atoms with Gasteiger partial charge in [0.25, 0.3) is 0 Å². The molecule has 0 radical (unpaired) electrons. The molecule has 0 amide bonds. The van der Waals surface area contributed by atoms with Gasteiger partial charge in [0.15, 0.2) is 0 Å². The zero-order valence-corrected chi connectivity index (χ0v) is 16.6. The summed E-state index contributed by atoms with van der Waals surface area (Å²) in [5.41, 5.74) is 1.54. The third kappa shape index (κ3) is 2.58. The number of aliphatic hydroxyl groups is 1. The maximum atomic E-state index is 12.3. The van der Waals surface area contributed by atoms with Crippen LogP contribution >= 0.6 is 0 Å². The summed E-state index contributed by atoms with van der Waals surface area (Å²) >= 11 is 0. The molecule has 0 unspecified atom stereocenters. The number of rotatable bonds is 1. The quantitative estimate of drug-likeness (QED) is 0.656. The van der Waals surface area contributed by atoms with Crippen LogP contribution in [0, 0.1) is 34.5 Å². The van der Waals surface area contributed by atoms with Gasteiger partial charge in [-0.15, -0.1) is 0 Å². The first-order valence-corrected chi connectivity index (χ1v) is 10.6. The maximum absolute atomic E-state index is 12.3. The highest BCUT2D eigenvalue weighted by Gasteiger charge is 2.58. The van der Waals surface area contributed by atoms with E-state index < -0.39 is 5.60 Å². The van der Waals surface area contributed by atoms with E-state index in [-0.39, 0.29) is 16.7 Å². The number of ketones is 1. The van der Waals surface area contributed by atoms with Gasteiger partial charge in [0.2, 0.25) is 0 Å². The van der Waals surface area contributed by atoms with Gasteiger partial charge in [0, 0.05) is 5.92 Å². The molecule has 4 aliphatic rings. The van der Waals surface area contributed by atoms with Crippen LogP contribution in [0.1, 0.15) is 85.5 Å². The number of carbonyl (C=O) groups is 1. The van der Waals surface area contributed by atoms with Gasteiger partial charge in [-0.2, -0.15) is 0 Å². The molecule has 0 spiro atoms. The lowest BCUT2D eigenvalue weighted by Gasteiger charge is -2.62. The minimum absolute atomic E-state index is 0.229. The monoisotopic (exact) mass is 344 g/mol. The zero-order valence-electron chi connectivity index (χ0n) is 16.6. The maximum Gasteiger partial charge on any atom is 0.133 e. The Morgan fingerprint density at radius 2 is 1.84 bits per heavy atom. The molecular weight excluding hydrogens is 308 g/mol. The first-order chi connectivity index (χ1) is 11.7. The number of hydrogen-bond donors (Lipinski definition) is 1. The fourth-order valence-corrected chi connectivity index (χ4v) is 7.67.